The number of carbonyl (C=O) groups is 2. The Bertz CT molecular complexity index is 993. The Kier molecular flexibility index (Phi) is 5.24. The quantitative estimate of drug-likeness (QED) is 0.668. The molecule has 1 saturated heterocycles. The second-order valence-electron chi connectivity index (χ2n) is 6.78. The Morgan fingerprint density at radius 2 is 1.79 bits per heavy atom. The highest BCUT2D eigenvalue weighted by atomic mass is 16.5. The van der Waals surface area contributed by atoms with Crippen LogP contribution in [0.1, 0.15) is 23.2 Å². The Labute approximate surface area is 163 Å². The van der Waals surface area contributed by atoms with Crippen LogP contribution in [0.3, 0.4) is 0 Å². The van der Waals surface area contributed by atoms with Crippen LogP contribution in [-0.4, -0.2) is 31.5 Å². The van der Waals surface area contributed by atoms with Gasteiger partial charge in [-0.1, -0.05) is 36.4 Å². The molecule has 5 nitrogen and oxygen atoms in total. The zero-order valence-corrected chi connectivity index (χ0v) is 15.6. The lowest BCUT2D eigenvalue weighted by Gasteiger charge is -2.16. The van der Waals surface area contributed by atoms with Crippen LogP contribution < -0.4 is 15.0 Å². The molecule has 0 aromatic heterocycles. The summed E-state index contributed by atoms with van der Waals surface area (Å²) < 4.78 is 5.85. The molecule has 0 spiro atoms. The molecule has 1 aliphatic rings. The summed E-state index contributed by atoms with van der Waals surface area (Å²) in [6.45, 7) is 1.55. The van der Waals surface area contributed by atoms with Gasteiger partial charge in [-0.15, -0.1) is 0 Å². The fourth-order valence-electron chi connectivity index (χ4n) is 3.46. The highest BCUT2D eigenvalue weighted by Gasteiger charge is 2.21. The number of ether oxygens (including phenoxy) is 1. The Morgan fingerprint density at radius 1 is 1.00 bits per heavy atom. The van der Waals surface area contributed by atoms with Gasteiger partial charge in [0.2, 0.25) is 5.91 Å². The highest BCUT2D eigenvalue weighted by molar-refractivity contribution is 5.97. The molecule has 5 heteroatoms. The van der Waals surface area contributed by atoms with E-state index in [9.17, 15) is 9.59 Å². The van der Waals surface area contributed by atoms with Gasteiger partial charge in [0.05, 0.1) is 6.54 Å². The SMILES string of the molecule is O=C(NCCOc1cccc2ccccc12)c1ccc(N2CCCC2=O)cc1. The summed E-state index contributed by atoms with van der Waals surface area (Å²) in [5, 5.41) is 5.05. The standard InChI is InChI=1S/C23H22N2O3/c26-22-9-4-15-25(22)19-12-10-18(11-13-19)23(27)24-14-16-28-21-8-3-6-17-5-1-2-7-20(17)21/h1-3,5-8,10-13H,4,9,14-16H2,(H,24,27). The van der Waals surface area contributed by atoms with Gasteiger partial charge in [0.25, 0.3) is 5.91 Å². The lowest BCUT2D eigenvalue weighted by Crippen LogP contribution is -2.28. The number of nitrogens with one attached hydrogen (secondary N) is 1. The van der Waals surface area contributed by atoms with Crippen molar-refractivity contribution >= 4 is 28.3 Å². The summed E-state index contributed by atoms with van der Waals surface area (Å²) >= 11 is 0. The van der Waals surface area contributed by atoms with E-state index < -0.39 is 0 Å². The van der Waals surface area contributed by atoms with E-state index >= 15 is 0 Å². The Morgan fingerprint density at radius 3 is 2.57 bits per heavy atom. The first kappa shape index (κ1) is 18.0. The number of anilines is 1. The van der Waals surface area contributed by atoms with Crippen LogP contribution in [0.15, 0.2) is 66.7 Å². The number of benzene rings is 3. The van der Waals surface area contributed by atoms with E-state index in [1.54, 1.807) is 17.0 Å². The smallest absolute Gasteiger partial charge is 0.251 e. The number of rotatable bonds is 6. The molecule has 1 heterocycles. The molecule has 0 atom stereocenters. The van der Waals surface area contributed by atoms with Crippen molar-refractivity contribution in [2.45, 2.75) is 12.8 Å². The van der Waals surface area contributed by atoms with E-state index in [-0.39, 0.29) is 11.8 Å². The minimum absolute atomic E-state index is 0.141. The summed E-state index contributed by atoms with van der Waals surface area (Å²) in [7, 11) is 0. The van der Waals surface area contributed by atoms with Gasteiger partial charge in [-0.05, 0) is 42.1 Å². The summed E-state index contributed by atoms with van der Waals surface area (Å²) in [4.78, 5) is 25.9. The third-order valence-electron chi connectivity index (χ3n) is 4.91. The molecule has 0 radical (unpaired) electrons. The Hall–Kier alpha value is -3.34. The average Bonchev–Trinajstić information content (AvgIpc) is 3.17. The zero-order chi connectivity index (χ0) is 19.3. The maximum absolute atomic E-state index is 12.3. The number of carbonyl (C=O) groups excluding carboxylic acids is 2. The van der Waals surface area contributed by atoms with Crippen molar-refractivity contribution in [1.82, 2.24) is 5.32 Å². The topological polar surface area (TPSA) is 58.6 Å². The van der Waals surface area contributed by atoms with Gasteiger partial charge >= 0.3 is 0 Å². The molecular weight excluding hydrogens is 352 g/mol. The second kappa shape index (κ2) is 8.13. The molecule has 3 aromatic carbocycles. The first-order valence-corrected chi connectivity index (χ1v) is 9.51. The van der Waals surface area contributed by atoms with Gasteiger partial charge in [0.1, 0.15) is 12.4 Å². The van der Waals surface area contributed by atoms with E-state index in [1.165, 1.54) is 0 Å². The van der Waals surface area contributed by atoms with E-state index in [4.69, 9.17) is 4.74 Å². The molecule has 1 fully saturated rings. The molecule has 1 N–H and O–H groups in total. The maximum atomic E-state index is 12.3. The van der Waals surface area contributed by atoms with Gasteiger partial charge in [-0.25, -0.2) is 0 Å². The van der Waals surface area contributed by atoms with Crippen LogP contribution in [0.5, 0.6) is 5.75 Å². The van der Waals surface area contributed by atoms with Crippen LogP contribution in [0.4, 0.5) is 5.69 Å². The van der Waals surface area contributed by atoms with Gasteiger partial charge in [-0.3, -0.25) is 9.59 Å². The van der Waals surface area contributed by atoms with Gasteiger partial charge in [0, 0.05) is 29.6 Å². The molecular formula is C23H22N2O3. The highest BCUT2D eigenvalue weighted by Crippen LogP contribution is 2.25. The van der Waals surface area contributed by atoms with Crippen molar-refractivity contribution in [3.8, 4) is 5.75 Å². The van der Waals surface area contributed by atoms with Crippen molar-refractivity contribution < 1.29 is 14.3 Å². The molecule has 142 valence electrons. The van der Waals surface area contributed by atoms with Gasteiger partial charge in [-0.2, -0.15) is 0 Å². The number of nitrogens with zero attached hydrogens (tertiary/aromatic N) is 1. The van der Waals surface area contributed by atoms with Crippen LogP contribution in [0.25, 0.3) is 10.8 Å². The molecule has 0 saturated carbocycles. The zero-order valence-electron chi connectivity index (χ0n) is 15.6. The largest absolute Gasteiger partial charge is 0.491 e. The number of hydrogen-bond acceptors (Lipinski definition) is 3. The number of fused-ring (bicyclic) bond motifs is 1. The van der Waals surface area contributed by atoms with E-state index in [1.807, 2.05) is 54.6 Å². The van der Waals surface area contributed by atoms with Crippen LogP contribution in [-0.2, 0) is 4.79 Å². The van der Waals surface area contributed by atoms with Crippen molar-refractivity contribution in [3.63, 3.8) is 0 Å². The first-order chi connectivity index (χ1) is 13.7. The summed E-state index contributed by atoms with van der Waals surface area (Å²) in [6.07, 6.45) is 1.48. The fourth-order valence-corrected chi connectivity index (χ4v) is 3.46. The fraction of sp³-hybridized carbons (Fsp3) is 0.217. The summed E-state index contributed by atoms with van der Waals surface area (Å²) in [5.74, 6) is 0.801. The van der Waals surface area contributed by atoms with Crippen molar-refractivity contribution in [2.75, 3.05) is 24.6 Å². The first-order valence-electron chi connectivity index (χ1n) is 9.51. The molecule has 0 aliphatic carbocycles. The molecule has 0 bridgehead atoms. The maximum Gasteiger partial charge on any atom is 0.251 e. The third kappa shape index (κ3) is 3.83. The van der Waals surface area contributed by atoms with Gasteiger partial charge in [0.15, 0.2) is 0 Å². The van der Waals surface area contributed by atoms with Crippen LogP contribution in [0, 0.1) is 0 Å². The predicted octanol–water partition coefficient (Wildman–Crippen LogP) is 3.78. The van der Waals surface area contributed by atoms with Crippen LogP contribution in [0.2, 0.25) is 0 Å². The second-order valence-corrected chi connectivity index (χ2v) is 6.78. The van der Waals surface area contributed by atoms with E-state index in [2.05, 4.69) is 5.32 Å². The van der Waals surface area contributed by atoms with Crippen LogP contribution >= 0.6 is 0 Å². The van der Waals surface area contributed by atoms with Crippen molar-refractivity contribution in [1.29, 1.82) is 0 Å². The monoisotopic (exact) mass is 374 g/mol. The minimum Gasteiger partial charge on any atom is -0.491 e. The lowest BCUT2D eigenvalue weighted by atomic mass is 10.1. The normalized spacial score (nSPS) is 13.7. The molecule has 0 unspecified atom stereocenters. The van der Waals surface area contributed by atoms with Crippen molar-refractivity contribution in [3.05, 3.63) is 72.3 Å². The average molecular weight is 374 g/mol. The van der Waals surface area contributed by atoms with Gasteiger partial charge < -0.3 is 15.0 Å². The molecule has 4 rings (SSSR count). The molecule has 2 amide bonds. The molecule has 1 aliphatic heterocycles. The summed E-state index contributed by atoms with van der Waals surface area (Å²) in [5.41, 5.74) is 1.42. The Balaban J connectivity index is 1.30. The third-order valence-corrected chi connectivity index (χ3v) is 4.91. The lowest BCUT2D eigenvalue weighted by molar-refractivity contribution is -0.117. The number of amides is 2. The molecule has 28 heavy (non-hydrogen) atoms. The van der Waals surface area contributed by atoms with Crippen molar-refractivity contribution in [2.24, 2.45) is 0 Å². The van der Waals surface area contributed by atoms with E-state index in [0.717, 1.165) is 35.2 Å². The van der Waals surface area contributed by atoms with E-state index in [0.29, 0.717) is 25.1 Å². The predicted molar refractivity (Wildman–Crippen MR) is 110 cm³/mol. The number of hydrogen-bond donors (Lipinski definition) is 1. The minimum atomic E-state index is -0.152. The summed E-state index contributed by atoms with van der Waals surface area (Å²) in [6, 6.07) is 21.1. The molecule has 3 aromatic rings.